The molecule has 0 spiro atoms. The molecule has 1 aromatic rings. The number of hydrogen-bond acceptors (Lipinski definition) is 3. The average Bonchev–Trinajstić information content (AvgIpc) is 2.37. The van der Waals surface area contributed by atoms with Gasteiger partial charge in [-0.3, -0.25) is 0 Å². The average molecular weight is 283 g/mol. The van der Waals surface area contributed by atoms with Crippen LogP contribution in [0.1, 0.15) is 25.0 Å². The lowest BCUT2D eigenvalue weighted by Gasteiger charge is -2.33. The molecule has 1 aromatic carbocycles. The zero-order valence-electron chi connectivity index (χ0n) is 11.1. The Morgan fingerprint density at radius 3 is 2.35 bits per heavy atom. The Morgan fingerprint density at radius 1 is 1.25 bits per heavy atom. The lowest BCUT2D eigenvalue weighted by Crippen LogP contribution is -2.48. The van der Waals surface area contributed by atoms with Crippen molar-refractivity contribution < 1.29 is 22.5 Å². The Bertz CT molecular complexity index is 542. The first-order valence-electron chi connectivity index (χ1n) is 6.07. The van der Waals surface area contributed by atoms with Crippen molar-refractivity contribution >= 4 is 12.6 Å². The van der Waals surface area contributed by atoms with Crippen LogP contribution in [-0.2, 0) is 15.5 Å². The van der Waals surface area contributed by atoms with Gasteiger partial charge < -0.3 is 9.31 Å². The maximum atomic E-state index is 12.6. The van der Waals surface area contributed by atoms with Crippen LogP contribution >= 0.6 is 0 Å². The van der Waals surface area contributed by atoms with E-state index < -0.39 is 18.9 Å². The molecular weight excluding hydrogens is 270 g/mol. The fraction of sp³-hybridized carbons (Fsp3) is 0.462. The highest BCUT2D eigenvalue weighted by Gasteiger charge is 2.37. The first kappa shape index (κ1) is 14.9. The van der Waals surface area contributed by atoms with Gasteiger partial charge in [0.15, 0.2) is 0 Å². The van der Waals surface area contributed by atoms with Gasteiger partial charge >= 0.3 is 13.3 Å². The quantitative estimate of drug-likeness (QED) is 0.743. The first-order valence-corrected chi connectivity index (χ1v) is 6.07. The molecule has 20 heavy (non-hydrogen) atoms. The van der Waals surface area contributed by atoms with E-state index in [0.29, 0.717) is 18.7 Å². The highest BCUT2D eigenvalue weighted by Crippen LogP contribution is 2.29. The molecular formula is C13H13BF3NO2. The molecule has 1 aliphatic rings. The largest absolute Gasteiger partial charge is 0.495 e. The maximum absolute atomic E-state index is 12.6. The third-order valence-electron chi connectivity index (χ3n) is 3.01. The second-order valence-electron chi connectivity index (χ2n) is 5.53. The second kappa shape index (κ2) is 5.11. The van der Waals surface area contributed by atoms with Crippen LogP contribution < -0.4 is 5.46 Å². The number of rotatable bonds is 1. The molecule has 1 heterocycles. The van der Waals surface area contributed by atoms with Gasteiger partial charge in [0.1, 0.15) is 0 Å². The number of benzene rings is 1. The van der Waals surface area contributed by atoms with Gasteiger partial charge in [0.25, 0.3) is 0 Å². The predicted molar refractivity (Wildman–Crippen MR) is 67.2 cm³/mol. The Labute approximate surface area is 115 Å². The van der Waals surface area contributed by atoms with Crippen LogP contribution in [0.5, 0.6) is 0 Å². The fourth-order valence-electron chi connectivity index (χ4n) is 1.91. The third kappa shape index (κ3) is 3.14. The van der Waals surface area contributed by atoms with Crippen LogP contribution in [0, 0.1) is 16.7 Å². The van der Waals surface area contributed by atoms with Crippen LogP contribution in [0.25, 0.3) is 0 Å². The second-order valence-corrected chi connectivity index (χ2v) is 5.53. The van der Waals surface area contributed by atoms with Crippen LogP contribution in [-0.4, -0.2) is 20.3 Å². The highest BCUT2D eigenvalue weighted by molar-refractivity contribution is 6.62. The Hall–Kier alpha value is -1.52. The molecule has 0 aliphatic carbocycles. The summed E-state index contributed by atoms with van der Waals surface area (Å²) in [4.78, 5) is 0. The van der Waals surface area contributed by atoms with E-state index >= 15 is 0 Å². The van der Waals surface area contributed by atoms with Crippen molar-refractivity contribution in [2.75, 3.05) is 13.2 Å². The van der Waals surface area contributed by atoms with Crippen molar-refractivity contribution in [1.82, 2.24) is 0 Å². The first-order chi connectivity index (χ1) is 9.23. The van der Waals surface area contributed by atoms with Crippen molar-refractivity contribution in [3.63, 3.8) is 0 Å². The highest BCUT2D eigenvalue weighted by atomic mass is 19.4. The molecule has 3 nitrogen and oxygen atoms in total. The molecule has 0 atom stereocenters. The molecule has 1 fully saturated rings. The van der Waals surface area contributed by atoms with Crippen LogP contribution in [0.3, 0.4) is 0 Å². The van der Waals surface area contributed by atoms with Crippen molar-refractivity contribution in [3.8, 4) is 6.07 Å². The Balaban J connectivity index is 2.28. The van der Waals surface area contributed by atoms with E-state index in [1.54, 1.807) is 6.07 Å². The van der Waals surface area contributed by atoms with Crippen molar-refractivity contribution in [3.05, 3.63) is 29.3 Å². The van der Waals surface area contributed by atoms with Crippen LogP contribution in [0.15, 0.2) is 18.2 Å². The molecule has 2 rings (SSSR count). The van der Waals surface area contributed by atoms with E-state index in [9.17, 15) is 13.2 Å². The molecule has 0 aromatic heterocycles. The zero-order chi connectivity index (χ0) is 15.0. The Kier molecular flexibility index (Phi) is 3.81. The number of alkyl halides is 3. The molecule has 106 valence electrons. The summed E-state index contributed by atoms with van der Waals surface area (Å²) in [5.41, 5.74) is -0.746. The van der Waals surface area contributed by atoms with Gasteiger partial charge in [0.05, 0.1) is 17.2 Å². The van der Waals surface area contributed by atoms with E-state index in [0.717, 1.165) is 12.1 Å². The molecule has 0 bridgehead atoms. The minimum absolute atomic E-state index is 0.0791. The van der Waals surface area contributed by atoms with E-state index in [1.807, 2.05) is 13.8 Å². The SMILES string of the molecule is CC1(C)COB(c2ccc(C(F)(F)F)cc2C#N)OC1. The summed E-state index contributed by atoms with van der Waals surface area (Å²) in [6, 6.07) is 4.76. The summed E-state index contributed by atoms with van der Waals surface area (Å²) in [6.45, 7) is 4.76. The van der Waals surface area contributed by atoms with Crippen molar-refractivity contribution in [1.29, 1.82) is 5.26 Å². The van der Waals surface area contributed by atoms with Gasteiger partial charge in [-0.05, 0) is 6.07 Å². The number of hydrogen-bond donors (Lipinski definition) is 0. The third-order valence-corrected chi connectivity index (χ3v) is 3.01. The van der Waals surface area contributed by atoms with E-state index in [1.165, 1.54) is 6.07 Å². The summed E-state index contributed by atoms with van der Waals surface area (Å²) >= 11 is 0. The Morgan fingerprint density at radius 2 is 1.85 bits per heavy atom. The molecule has 1 aliphatic heterocycles. The minimum atomic E-state index is -4.47. The standard InChI is InChI=1S/C13H13BF3NO2/c1-12(2)7-19-14(20-8-12)11-4-3-10(13(15,16)17)5-9(11)6-18/h3-5H,7-8H2,1-2H3. The summed E-state index contributed by atoms with van der Waals surface area (Å²) < 4.78 is 48.8. The van der Waals surface area contributed by atoms with E-state index in [-0.39, 0.29) is 11.0 Å². The van der Waals surface area contributed by atoms with E-state index in [4.69, 9.17) is 14.6 Å². The van der Waals surface area contributed by atoms with Gasteiger partial charge in [-0.25, -0.2) is 0 Å². The monoisotopic (exact) mass is 283 g/mol. The number of halogens is 3. The van der Waals surface area contributed by atoms with Gasteiger partial charge in [-0.15, -0.1) is 0 Å². The predicted octanol–water partition coefficient (Wildman–Crippen LogP) is 2.35. The van der Waals surface area contributed by atoms with Gasteiger partial charge in [0, 0.05) is 24.1 Å². The van der Waals surface area contributed by atoms with Gasteiger partial charge in [-0.2, -0.15) is 18.4 Å². The number of nitrogens with zero attached hydrogens (tertiary/aromatic N) is 1. The molecule has 0 radical (unpaired) electrons. The van der Waals surface area contributed by atoms with Crippen LogP contribution in [0.4, 0.5) is 13.2 Å². The van der Waals surface area contributed by atoms with Crippen LogP contribution in [0.2, 0.25) is 0 Å². The van der Waals surface area contributed by atoms with E-state index in [2.05, 4.69) is 0 Å². The zero-order valence-corrected chi connectivity index (χ0v) is 11.1. The van der Waals surface area contributed by atoms with Gasteiger partial charge in [-0.1, -0.05) is 26.0 Å². The lowest BCUT2D eigenvalue weighted by atomic mass is 9.73. The summed E-state index contributed by atoms with van der Waals surface area (Å²) in [6.07, 6.45) is -4.47. The van der Waals surface area contributed by atoms with Crippen molar-refractivity contribution in [2.45, 2.75) is 20.0 Å². The molecule has 1 saturated heterocycles. The maximum Gasteiger partial charge on any atom is 0.495 e. The minimum Gasteiger partial charge on any atom is -0.407 e. The summed E-state index contributed by atoms with van der Waals surface area (Å²) in [7, 11) is -0.792. The van der Waals surface area contributed by atoms with Crippen molar-refractivity contribution in [2.24, 2.45) is 5.41 Å². The topological polar surface area (TPSA) is 42.2 Å². The normalized spacial score (nSPS) is 18.7. The lowest BCUT2D eigenvalue weighted by molar-refractivity contribution is -0.137. The molecule has 0 N–H and O–H groups in total. The smallest absolute Gasteiger partial charge is 0.407 e. The fourth-order valence-corrected chi connectivity index (χ4v) is 1.91. The summed E-state index contributed by atoms with van der Waals surface area (Å²) in [5.74, 6) is 0. The molecule has 0 amide bonds. The number of nitriles is 1. The summed E-state index contributed by atoms with van der Waals surface area (Å²) in [5, 5.41) is 9.01. The molecule has 0 saturated carbocycles. The molecule has 0 unspecified atom stereocenters. The molecule has 7 heteroatoms. The van der Waals surface area contributed by atoms with Gasteiger partial charge in [0.2, 0.25) is 0 Å².